The standard InChI is InChI=1S/C13H23N3O2/c1-9(2)6-14-13(17)11(5)18-12-7-15-16(8-12)10(3)4/h7-11H,6H2,1-5H3,(H,14,17). The van der Waals surface area contributed by atoms with E-state index in [-0.39, 0.29) is 11.9 Å². The van der Waals surface area contributed by atoms with E-state index in [2.05, 4.69) is 24.3 Å². The van der Waals surface area contributed by atoms with Crippen LogP contribution in [0.3, 0.4) is 0 Å². The van der Waals surface area contributed by atoms with E-state index in [0.717, 1.165) is 0 Å². The van der Waals surface area contributed by atoms with Crippen molar-refractivity contribution in [3.8, 4) is 5.75 Å². The Morgan fingerprint density at radius 2 is 2.06 bits per heavy atom. The SMILES string of the molecule is CC(C)CNC(=O)C(C)Oc1cnn(C(C)C)c1. The van der Waals surface area contributed by atoms with Crippen LogP contribution in [-0.2, 0) is 4.79 Å². The van der Waals surface area contributed by atoms with E-state index in [0.29, 0.717) is 18.2 Å². The maximum Gasteiger partial charge on any atom is 0.260 e. The molecule has 1 atom stereocenters. The molecule has 1 N–H and O–H groups in total. The van der Waals surface area contributed by atoms with Crippen LogP contribution < -0.4 is 10.1 Å². The van der Waals surface area contributed by atoms with Crippen molar-refractivity contribution in [2.45, 2.75) is 46.8 Å². The predicted octanol–water partition coefficient (Wildman–Crippen LogP) is 2.00. The van der Waals surface area contributed by atoms with Crippen molar-refractivity contribution in [3.05, 3.63) is 12.4 Å². The van der Waals surface area contributed by atoms with Crippen LogP contribution in [0.25, 0.3) is 0 Å². The van der Waals surface area contributed by atoms with E-state index in [1.807, 2.05) is 13.8 Å². The fraction of sp³-hybridized carbons (Fsp3) is 0.692. The first-order chi connectivity index (χ1) is 8.40. The van der Waals surface area contributed by atoms with Gasteiger partial charge in [0.2, 0.25) is 0 Å². The molecule has 5 heteroatoms. The van der Waals surface area contributed by atoms with Gasteiger partial charge in [-0.1, -0.05) is 13.8 Å². The van der Waals surface area contributed by atoms with Gasteiger partial charge in [-0.2, -0.15) is 5.10 Å². The molecule has 0 fully saturated rings. The lowest BCUT2D eigenvalue weighted by molar-refractivity contribution is -0.127. The number of nitrogens with zero attached hydrogens (tertiary/aromatic N) is 2. The lowest BCUT2D eigenvalue weighted by atomic mass is 10.2. The zero-order chi connectivity index (χ0) is 13.7. The highest BCUT2D eigenvalue weighted by atomic mass is 16.5. The molecule has 0 aromatic carbocycles. The van der Waals surface area contributed by atoms with E-state index in [9.17, 15) is 4.79 Å². The summed E-state index contributed by atoms with van der Waals surface area (Å²) in [6, 6.07) is 0.285. The second kappa shape index (κ2) is 6.42. The summed E-state index contributed by atoms with van der Waals surface area (Å²) in [6.45, 7) is 10.6. The molecule has 18 heavy (non-hydrogen) atoms. The fourth-order valence-corrected chi connectivity index (χ4v) is 1.37. The summed E-state index contributed by atoms with van der Waals surface area (Å²) < 4.78 is 7.34. The molecule has 0 spiro atoms. The number of hydrogen-bond acceptors (Lipinski definition) is 3. The summed E-state index contributed by atoms with van der Waals surface area (Å²) in [4.78, 5) is 11.7. The van der Waals surface area contributed by atoms with Crippen LogP contribution in [0.5, 0.6) is 5.75 Å². The third-order valence-corrected chi connectivity index (χ3v) is 2.47. The number of carbonyl (C=O) groups is 1. The largest absolute Gasteiger partial charge is 0.478 e. The van der Waals surface area contributed by atoms with Crippen LogP contribution in [0.1, 0.15) is 40.7 Å². The van der Waals surface area contributed by atoms with Crippen LogP contribution in [0, 0.1) is 5.92 Å². The molecule has 1 amide bonds. The zero-order valence-corrected chi connectivity index (χ0v) is 11.8. The van der Waals surface area contributed by atoms with Crippen molar-refractivity contribution < 1.29 is 9.53 Å². The molecule has 1 aromatic heterocycles. The first kappa shape index (κ1) is 14.5. The van der Waals surface area contributed by atoms with E-state index in [1.165, 1.54) is 0 Å². The van der Waals surface area contributed by atoms with Gasteiger partial charge in [-0.15, -0.1) is 0 Å². The van der Waals surface area contributed by atoms with Crippen molar-refractivity contribution in [3.63, 3.8) is 0 Å². The molecule has 0 aliphatic carbocycles. The number of amides is 1. The second-order valence-corrected chi connectivity index (χ2v) is 5.15. The highest BCUT2D eigenvalue weighted by Gasteiger charge is 2.15. The normalized spacial score (nSPS) is 12.8. The minimum Gasteiger partial charge on any atom is -0.478 e. The average Bonchev–Trinajstić information content (AvgIpc) is 2.74. The van der Waals surface area contributed by atoms with Crippen molar-refractivity contribution in [2.24, 2.45) is 5.92 Å². The minimum atomic E-state index is -0.506. The van der Waals surface area contributed by atoms with Gasteiger partial charge in [-0.25, -0.2) is 0 Å². The van der Waals surface area contributed by atoms with Gasteiger partial charge >= 0.3 is 0 Å². The summed E-state index contributed by atoms with van der Waals surface area (Å²) in [7, 11) is 0. The Kier molecular flexibility index (Phi) is 5.19. The van der Waals surface area contributed by atoms with E-state index < -0.39 is 6.10 Å². The van der Waals surface area contributed by atoms with Gasteiger partial charge in [-0.05, 0) is 26.7 Å². The Balaban J connectivity index is 2.47. The van der Waals surface area contributed by atoms with E-state index >= 15 is 0 Å². The van der Waals surface area contributed by atoms with Crippen LogP contribution in [0.15, 0.2) is 12.4 Å². The van der Waals surface area contributed by atoms with Gasteiger partial charge in [0, 0.05) is 12.6 Å². The first-order valence-corrected chi connectivity index (χ1v) is 6.38. The summed E-state index contributed by atoms with van der Waals surface area (Å²) in [5.41, 5.74) is 0. The molecule has 0 aliphatic rings. The Morgan fingerprint density at radius 1 is 1.39 bits per heavy atom. The summed E-state index contributed by atoms with van der Waals surface area (Å²) in [5, 5.41) is 7.00. The number of rotatable bonds is 6. The van der Waals surface area contributed by atoms with Crippen molar-refractivity contribution in [2.75, 3.05) is 6.54 Å². The van der Waals surface area contributed by atoms with Crippen molar-refractivity contribution >= 4 is 5.91 Å². The Labute approximate surface area is 109 Å². The van der Waals surface area contributed by atoms with E-state index in [4.69, 9.17) is 4.74 Å². The molecular weight excluding hydrogens is 230 g/mol. The molecule has 1 aromatic rings. The molecule has 0 saturated carbocycles. The lowest BCUT2D eigenvalue weighted by Gasteiger charge is -2.14. The molecule has 0 aliphatic heterocycles. The molecule has 1 unspecified atom stereocenters. The maximum absolute atomic E-state index is 11.7. The average molecular weight is 253 g/mol. The molecule has 0 bridgehead atoms. The second-order valence-electron chi connectivity index (χ2n) is 5.15. The monoisotopic (exact) mass is 253 g/mol. The van der Waals surface area contributed by atoms with Crippen molar-refractivity contribution in [1.29, 1.82) is 0 Å². The van der Waals surface area contributed by atoms with Crippen molar-refractivity contribution in [1.82, 2.24) is 15.1 Å². The summed E-state index contributed by atoms with van der Waals surface area (Å²) in [6.07, 6.45) is 2.93. The van der Waals surface area contributed by atoms with Gasteiger partial charge in [0.15, 0.2) is 11.9 Å². The zero-order valence-electron chi connectivity index (χ0n) is 11.8. The van der Waals surface area contributed by atoms with Gasteiger partial charge in [-0.3, -0.25) is 9.48 Å². The molecule has 1 heterocycles. The quantitative estimate of drug-likeness (QED) is 0.843. The molecular formula is C13H23N3O2. The molecule has 0 radical (unpaired) electrons. The molecule has 5 nitrogen and oxygen atoms in total. The Hall–Kier alpha value is -1.52. The number of carbonyl (C=O) groups excluding carboxylic acids is 1. The number of hydrogen-bond donors (Lipinski definition) is 1. The van der Waals surface area contributed by atoms with E-state index in [1.54, 1.807) is 24.0 Å². The van der Waals surface area contributed by atoms with Crippen LogP contribution >= 0.6 is 0 Å². The maximum atomic E-state index is 11.7. The topological polar surface area (TPSA) is 56.1 Å². The summed E-state index contributed by atoms with van der Waals surface area (Å²) in [5.74, 6) is 0.960. The first-order valence-electron chi connectivity index (χ1n) is 6.38. The van der Waals surface area contributed by atoms with Crippen LogP contribution in [0.4, 0.5) is 0 Å². The third kappa shape index (κ3) is 4.39. The van der Waals surface area contributed by atoms with Gasteiger partial charge < -0.3 is 10.1 Å². The molecule has 0 saturated heterocycles. The van der Waals surface area contributed by atoms with Crippen LogP contribution in [0.2, 0.25) is 0 Å². The third-order valence-electron chi connectivity index (χ3n) is 2.47. The number of nitrogens with one attached hydrogen (secondary N) is 1. The molecule has 1 rings (SSSR count). The lowest BCUT2D eigenvalue weighted by Crippen LogP contribution is -2.38. The smallest absolute Gasteiger partial charge is 0.260 e. The van der Waals surface area contributed by atoms with Gasteiger partial charge in [0.25, 0.3) is 5.91 Å². The van der Waals surface area contributed by atoms with Crippen LogP contribution in [-0.4, -0.2) is 28.3 Å². The fourth-order valence-electron chi connectivity index (χ4n) is 1.37. The minimum absolute atomic E-state index is 0.0963. The Morgan fingerprint density at radius 3 is 2.56 bits per heavy atom. The highest BCUT2D eigenvalue weighted by molar-refractivity contribution is 5.80. The Bertz CT molecular complexity index is 385. The predicted molar refractivity (Wildman–Crippen MR) is 70.5 cm³/mol. The number of aromatic nitrogens is 2. The molecule has 102 valence electrons. The summed E-state index contributed by atoms with van der Waals surface area (Å²) >= 11 is 0. The number of ether oxygens (including phenoxy) is 1. The van der Waals surface area contributed by atoms with Gasteiger partial charge in [0.05, 0.1) is 12.4 Å². The van der Waals surface area contributed by atoms with Gasteiger partial charge in [0.1, 0.15) is 0 Å². The highest BCUT2D eigenvalue weighted by Crippen LogP contribution is 2.14.